The van der Waals surface area contributed by atoms with Crippen LogP contribution in [0.5, 0.6) is 0 Å². The average Bonchev–Trinajstić information content (AvgIpc) is 2.05. The van der Waals surface area contributed by atoms with Gasteiger partial charge in [0, 0.05) is 6.54 Å². The molecule has 0 spiro atoms. The maximum absolute atomic E-state index is 5.52. The molecule has 1 N–H and O–H groups in total. The van der Waals surface area contributed by atoms with Crippen LogP contribution in [0.15, 0.2) is 0 Å². The lowest BCUT2D eigenvalue weighted by Crippen LogP contribution is -2.50. The Kier molecular flexibility index (Phi) is 1.88. The van der Waals surface area contributed by atoms with Crippen molar-refractivity contribution in [2.45, 2.75) is 18.6 Å². The van der Waals surface area contributed by atoms with Crippen molar-refractivity contribution in [2.75, 3.05) is 26.3 Å². The van der Waals surface area contributed by atoms with E-state index >= 15 is 0 Å². The fourth-order valence-corrected chi connectivity index (χ4v) is 1.56. The molecule has 58 valence electrons. The Bertz CT molecular complexity index is 92.2. The summed E-state index contributed by atoms with van der Waals surface area (Å²) in [5.74, 6) is 0. The minimum atomic E-state index is 0.322. The molecule has 3 heteroatoms. The van der Waals surface area contributed by atoms with Crippen molar-refractivity contribution in [3.05, 3.63) is 0 Å². The third kappa shape index (κ3) is 1.17. The van der Waals surface area contributed by atoms with Crippen molar-refractivity contribution in [2.24, 2.45) is 0 Å². The van der Waals surface area contributed by atoms with Crippen LogP contribution >= 0.6 is 0 Å². The smallest absolute Gasteiger partial charge is 0.0962 e. The minimum Gasteiger partial charge on any atom is -0.373 e. The van der Waals surface area contributed by atoms with Gasteiger partial charge in [0.15, 0.2) is 0 Å². The van der Waals surface area contributed by atoms with Gasteiger partial charge < -0.3 is 14.8 Å². The fraction of sp³-hybridized carbons (Fsp3) is 1.00. The lowest BCUT2D eigenvalue weighted by molar-refractivity contribution is -0.148. The van der Waals surface area contributed by atoms with E-state index in [1.165, 1.54) is 0 Å². The van der Waals surface area contributed by atoms with E-state index in [0.717, 1.165) is 32.7 Å². The summed E-state index contributed by atoms with van der Waals surface area (Å²) in [5, 5.41) is 3.28. The number of rotatable bonds is 0. The second kappa shape index (κ2) is 2.86. The highest BCUT2D eigenvalue weighted by atomic mass is 16.6. The third-order valence-corrected chi connectivity index (χ3v) is 2.11. The monoisotopic (exact) mass is 143 g/mol. The van der Waals surface area contributed by atoms with Gasteiger partial charge in [-0.25, -0.2) is 0 Å². The third-order valence-electron chi connectivity index (χ3n) is 2.11. The number of nitrogens with one attached hydrogen (secondary N) is 1. The van der Waals surface area contributed by atoms with Crippen molar-refractivity contribution in [1.29, 1.82) is 0 Å². The molecule has 2 rings (SSSR count). The Balaban J connectivity index is 1.93. The Morgan fingerprint density at radius 1 is 1.10 bits per heavy atom. The molecule has 0 aromatic carbocycles. The molecule has 2 heterocycles. The van der Waals surface area contributed by atoms with Crippen LogP contribution in [0.2, 0.25) is 0 Å². The van der Waals surface area contributed by atoms with Crippen LogP contribution in [0.1, 0.15) is 6.42 Å². The van der Waals surface area contributed by atoms with Crippen LogP contribution in [-0.2, 0) is 9.47 Å². The maximum Gasteiger partial charge on any atom is 0.0962 e. The first-order chi connectivity index (χ1) is 4.97. The summed E-state index contributed by atoms with van der Waals surface area (Å²) in [6, 6.07) is 0. The van der Waals surface area contributed by atoms with Gasteiger partial charge >= 0.3 is 0 Å². The second-order valence-corrected chi connectivity index (χ2v) is 2.81. The predicted octanol–water partition coefficient (Wildman–Crippen LogP) is -0.236. The first kappa shape index (κ1) is 6.58. The Morgan fingerprint density at radius 2 is 1.90 bits per heavy atom. The van der Waals surface area contributed by atoms with Crippen LogP contribution in [0, 0.1) is 0 Å². The van der Waals surface area contributed by atoms with E-state index in [4.69, 9.17) is 9.47 Å². The number of piperidine rings is 1. The number of hydrogen-bond donors (Lipinski definition) is 1. The number of hydrogen-bond acceptors (Lipinski definition) is 3. The summed E-state index contributed by atoms with van der Waals surface area (Å²) in [7, 11) is 0. The van der Waals surface area contributed by atoms with E-state index in [9.17, 15) is 0 Å². The van der Waals surface area contributed by atoms with Crippen LogP contribution in [0.4, 0.5) is 0 Å². The van der Waals surface area contributed by atoms with Gasteiger partial charge in [-0.05, 0) is 13.0 Å². The van der Waals surface area contributed by atoms with Crippen molar-refractivity contribution < 1.29 is 9.47 Å². The molecule has 2 fully saturated rings. The SMILES string of the molecule is C1CC2OCCOC2CN1. The van der Waals surface area contributed by atoms with E-state index in [0.29, 0.717) is 12.2 Å². The van der Waals surface area contributed by atoms with Gasteiger partial charge in [0.05, 0.1) is 25.4 Å². The molecule has 2 aliphatic rings. The number of ether oxygens (including phenoxy) is 2. The molecule has 2 saturated heterocycles. The molecule has 10 heavy (non-hydrogen) atoms. The molecule has 0 radical (unpaired) electrons. The highest BCUT2D eigenvalue weighted by molar-refractivity contribution is 4.81. The van der Waals surface area contributed by atoms with Gasteiger partial charge in [-0.1, -0.05) is 0 Å². The van der Waals surface area contributed by atoms with Crippen LogP contribution in [0.25, 0.3) is 0 Å². The van der Waals surface area contributed by atoms with Crippen LogP contribution in [-0.4, -0.2) is 38.5 Å². The zero-order valence-electron chi connectivity index (χ0n) is 6.01. The predicted molar refractivity (Wildman–Crippen MR) is 37.0 cm³/mol. The summed E-state index contributed by atoms with van der Waals surface area (Å²) < 4.78 is 11.0. The molecule has 0 aliphatic carbocycles. The summed E-state index contributed by atoms with van der Waals surface area (Å²) >= 11 is 0. The first-order valence-electron chi connectivity index (χ1n) is 3.91. The van der Waals surface area contributed by atoms with Crippen LogP contribution in [0.3, 0.4) is 0 Å². The van der Waals surface area contributed by atoms with E-state index in [-0.39, 0.29) is 0 Å². The average molecular weight is 143 g/mol. The highest BCUT2D eigenvalue weighted by Crippen LogP contribution is 2.15. The summed E-state index contributed by atoms with van der Waals surface area (Å²) in [4.78, 5) is 0. The van der Waals surface area contributed by atoms with E-state index < -0.39 is 0 Å². The molecule has 3 nitrogen and oxygen atoms in total. The molecule has 0 saturated carbocycles. The summed E-state index contributed by atoms with van der Waals surface area (Å²) in [6.07, 6.45) is 1.79. The lowest BCUT2D eigenvalue weighted by atomic mass is 10.1. The molecule has 0 aromatic heterocycles. The van der Waals surface area contributed by atoms with E-state index in [1.54, 1.807) is 0 Å². The Hall–Kier alpha value is -0.120. The largest absolute Gasteiger partial charge is 0.373 e. The summed E-state index contributed by atoms with van der Waals surface area (Å²) in [6.45, 7) is 3.58. The van der Waals surface area contributed by atoms with E-state index in [1.807, 2.05) is 0 Å². The molecule has 2 atom stereocenters. The fourth-order valence-electron chi connectivity index (χ4n) is 1.56. The van der Waals surface area contributed by atoms with Crippen molar-refractivity contribution >= 4 is 0 Å². The molecule has 0 aromatic rings. The second-order valence-electron chi connectivity index (χ2n) is 2.81. The standard InChI is InChI=1S/C7H13NO2/c1-2-8-5-7-6(1)9-3-4-10-7/h6-8H,1-5H2. The Morgan fingerprint density at radius 3 is 2.70 bits per heavy atom. The topological polar surface area (TPSA) is 30.5 Å². The Labute approximate surface area is 60.7 Å². The maximum atomic E-state index is 5.52. The van der Waals surface area contributed by atoms with Gasteiger partial charge in [0.1, 0.15) is 0 Å². The van der Waals surface area contributed by atoms with Crippen molar-refractivity contribution in [3.8, 4) is 0 Å². The number of fused-ring (bicyclic) bond motifs is 1. The van der Waals surface area contributed by atoms with Gasteiger partial charge in [-0.3, -0.25) is 0 Å². The van der Waals surface area contributed by atoms with Gasteiger partial charge in [-0.15, -0.1) is 0 Å². The van der Waals surface area contributed by atoms with Crippen molar-refractivity contribution in [1.82, 2.24) is 5.32 Å². The molecule has 2 unspecified atom stereocenters. The van der Waals surface area contributed by atoms with Gasteiger partial charge in [0.25, 0.3) is 0 Å². The molecule has 2 aliphatic heterocycles. The minimum absolute atomic E-state index is 0.322. The summed E-state index contributed by atoms with van der Waals surface area (Å²) in [5.41, 5.74) is 0. The highest BCUT2D eigenvalue weighted by Gasteiger charge is 2.28. The molecule has 0 amide bonds. The normalized spacial score (nSPS) is 40.8. The van der Waals surface area contributed by atoms with Gasteiger partial charge in [-0.2, -0.15) is 0 Å². The van der Waals surface area contributed by atoms with Crippen LogP contribution < -0.4 is 5.32 Å². The molecular formula is C7H13NO2. The van der Waals surface area contributed by atoms with E-state index in [2.05, 4.69) is 5.32 Å². The van der Waals surface area contributed by atoms with Crippen molar-refractivity contribution in [3.63, 3.8) is 0 Å². The molecule has 0 bridgehead atoms. The quantitative estimate of drug-likeness (QED) is 0.508. The first-order valence-corrected chi connectivity index (χ1v) is 3.91. The molecular weight excluding hydrogens is 130 g/mol. The van der Waals surface area contributed by atoms with Gasteiger partial charge in [0.2, 0.25) is 0 Å². The zero-order chi connectivity index (χ0) is 6.81. The zero-order valence-corrected chi connectivity index (χ0v) is 6.01. The lowest BCUT2D eigenvalue weighted by Gasteiger charge is -2.35.